The summed E-state index contributed by atoms with van der Waals surface area (Å²) in [5.41, 5.74) is -2.11. The predicted molar refractivity (Wildman–Crippen MR) is 153 cm³/mol. The van der Waals surface area contributed by atoms with Gasteiger partial charge in [0.15, 0.2) is 12.5 Å². The first-order valence-electron chi connectivity index (χ1n) is 15.2. The van der Waals surface area contributed by atoms with E-state index in [1.807, 2.05) is 0 Å². The van der Waals surface area contributed by atoms with Crippen LogP contribution in [0.2, 0.25) is 0 Å². The quantitative estimate of drug-likeness (QED) is 0.0852. The van der Waals surface area contributed by atoms with Crippen molar-refractivity contribution >= 4 is 23.6 Å². The van der Waals surface area contributed by atoms with Crippen LogP contribution in [0.4, 0.5) is 4.39 Å². The molecule has 14 heteroatoms. The minimum absolute atomic E-state index is 0.0608. The van der Waals surface area contributed by atoms with Crippen molar-refractivity contribution in [3.05, 3.63) is 0 Å². The number of ether oxygens (including phenoxy) is 1. The Morgan fingerprint density at radius 1 is 0.884 bits per heavy atom. The van der Waals surface area contributed by atoms with Gasteiger partial charge in [-0.25, -0.2) is 4.39 Å². The third-order valence-electron chi connectivity index (χ3n) is 7.21. The molecule has 0 bridgehead atoms. The molecule has 0 aromatic heterocycles. The molecule has 2 unspecified atom stereocenters. The predicted octanol–water partition coefficient (Wildman–Crippen LogP) is 1.29. The van der Waals surface area contributed by atoms with E-state index in [4.69, 9.17) is 4.74 Å². The molecular formula is C29H46FN5O8. The molecule has 2 aliphatic rings. The SMILES string of the molecule is CC(=O)N=N[C@H]1C(NC(=O)CCCCCCNC(=O)CCCCCNC(=O)C2(F)C#CCCCCC2)O[C@H](O)[C@@H](O)[C@@H]1O. The Balaban J connectivity index is 1.50. The summed E-state index contributed by atoms with van der Waals surface area (Å²) in [5.74, 6) is 3.46. The third-order valence-corrected chi connectivity index (χ3v) is 7.21. The van der Waals surface area contributed by atoms with E-state index in [2.05, 4.69) is 38.0 Å². The van der Waals surface area contributed by atoms with E-state index in [-0.39, 0.29) is 18.7 Å². The molecule has 6 N–H and O–H groups in total. The van der Waals surface area contributed by atoms with Gasteiger partial charge in [-0.15, -0.1) is 5.11 Å². The number of aliphatic hydroxyl groups is 3. The number of azo groups is 1. The zero-order valence-corrected chi connectivity index (χ0v) is 24.9. The molecule has 1 aliphatic heterocycles. The van der Waals surface area contributed by atoms with Crippen LogP contribution in [-0.2, 0) is 23.9 Å². The van der Waals surface area contributed by atoms with Gasteiger partial charge >= 0.3 is 0 Å². The summed E-state index contributed by atoms with van der Waals surface area (Å²) in [5, 5.41) is 44.6. The first kappa shape index (κ1) is 36.2. The Bertz CT molecular complexity index is 1020. The zero-order valence-electron chi connectivity index (χ0n) is 24.9. The van der Waals surface area contributed by atoms with Crippen molar-refractivity contribution in [1.82, 2.24) is 16.0 Å². The molecule has 0 spiro atoms. The van der Waals surface area contributed by atoms with Crippen molar-refractivity contribution in [1.29, 1.82) is 0 Å². The number of carbonyl (C=O) groups excluding carboxylic acids is 4. The molecule has 1 fully saturated rings. The molecule has 1 saturated heterocycles. The molecule has 4 amide bonds. The van der Waals surface area contributed by atoms with Gasteiger partial charge in [-0.3, -0.25) is 19.2 Å². The number of carbonyl (C=O) groups is 4. The maximum atomic E-state index is 14.8. The number of alkyl halides is 1. The summed E-state index contributed by atoms with van der Waals surface area (Å²) < 4.78 is 20.0. The Kier molecular flexibility index (Phi) is 16.3. The van der Waals surface area contributed by atoms with Crippen LogP contribution in [0.25, 0.3) is 0 Å². The van der Waals surface area contributed by atoms with Crippen LogP contribution in [0.3, 0.4) is 0 Å². The standard InChI is InChI=1S/C29H46FN5O8/c1-20(36)34-35-23-24(39)25(40)27(41)43-26(23)33-22(38)15-8-3-6-12-18-31-21(37)14-9-7-13-19-32-28(42)29(30)16-10-4-2-5-11-17-29/h23-27,39-41H,2-10,12-16,18-19H2,1H3,(H,31,37)(H,32,42)(H,33,38)/t23-,24-,25+,26?,27+,29?/m1/s1. The highest BCUT2D eigenvalue weighted by Crippen LogP contribution is 2.23. The molecular weight excluding hydrogens is 565 g/mol. The van der Waals surface area contributed by atoms with Crippen molar-refractivity contribution in [3.63, 3.8) is 0 Å². The first-order chi connectivity index (χ1) is 20.5. The smallest absolute Gasteiger partial charge is 0.270 e. The van der Waals surface area contributed by atoms with Crippen LogP contribution >= 0.6 is 0 Å². The van der Waals surface area contributed by atoms with E-state index in [0.29, 0.717) is 51.6 Å². The largest absolute Gasteiger partial charge is 0.388 e. The van der Waals surface area contributed by atoms with Gasteiger partial charge in [0, 0.05) is 45.7 Å². The number of nitrogens with one attached hydrogen (secondary N) is 3. The van der Waals surface area contributed by atoms with Gasteiger partial charge in [-0.2, -0.15) is 5.11 Å². The molecule has 1 aliphatic carbocycles. The lowest BCUT2D eigenvalue weighted by atomic mass is 9.94. The van der Waals surface area contributed by atoms with Gasteiger partial charge in [0.1, 0.15) is 18.2 Å². The van der Waals surface area contributed by atoms with Crippen molar-refractivity contribution in [3.8, 4) is 11.8 Å². The lowest BCUT2D eigenvalue weighted by Crippen LogP contribution is -2.61. The van der Waals surface area contributed by atoms with Crippen LogP contribution in [0.5, 0.6) is 0 Å². The summed E-state index contributed by atoms with van der Waals surface area (Å²) >= 11 is 0. The van der Waals surface area contributed by atoms with Crippen molar-refractivity contribution in [2.45, 2.75) is 133 Å². The van der Waals surface area contributed by atoms with Gasteiger partial charge in [0.25, 0.3) is 11.8 Å². The monoisotopic (exact) mass is 611 g/mol. The molecule has 0 aromatic rings. The Morgan fingerprint density at radius 3 is 2.26 bits per heavy atom. The highest BCUT2D eigenvalue weighted by molar-refractivity contribution is 5.88. The summed E-state index contributed by atoms with van der Waals surface area (Å²) in [6.45, 7) is 2.01. The van der Waals surface area contributed by atoms with E-state index in [1.54, 1.807) is 0 Å². The van der Waals surface area contributed by atoms with E-state index in [9.17, 15) is 38.9 Å². The van der Waals surface area contributed by atoms with E-state index < -0.39 is 54.2 Å². The van der Waals surface area contributed by atoms with Crippen molar-refractivity contribution in [2.24, 2.45) is 10.2 Å². The zero-order chi connectivity index (χ0) is 31.7. The van der Waals surface area contributed by atoms with E-state index >= 15 is 0 Å². The van der Waals surface area contributed by atoms with Crippen LogP contribution in [0.15, 0.2) is 10.2 Å². The summed E-state index contributed by atoms with van der Waals surface area (Å²) in [6.07, 6.45) is 2.24. The first-order valence-corrected chi connectivity index (χ1v) is 15.2. The maximum Gasteiger partial charge on any atom is 0.270 e. The van der Waals surface area contributed by atoms with Crippen LogP contribution in [-0.4, -0.2) is 88.5 Å². The fourth-order valence-electron chi connectivity index (χ4n) is 4.69. The lowest BCUT2D eigenvalue weighted by Gasteiger charge is -2.38. The number of halogens is 1. The number of unbranched alkanes of at least 4 members (excludes halogenated alkanes) is 5. The van der Waals surface area contributed by atoms with Crippen molar-refractivity contribution in [2.75, 3.05) is 13.1 Å². The molecule has 6 atom stereocenters. The molecule has 43 heavy (non-hydrogen) atoms. The maximum absolute atomic E-state index is 14.8. The van der Waals surface area contributed by atoms with Gasteiger partial charge in [-0.1, -0.05) is 37.5 Å². The molecule has 0 aromatic carbocycles. The topological polar surface area (TPSA) is 199 Å². The number of amides is 4. The number of aliphatic hydroxyl groups excluding tert-OH is 3. The minimum Gasteiger partial charge on any atom is -0.388 e. The number of hydrogen-bond acceptors (Lipinski definition) is 9. The average molecular weight is 612 g/mol. The normalized spacial score (nSPS) is 27.3. The van der Waals surface area contributed by atoms with Gasteiger partial charge in [-0.05, 0) is 38.5 Å². The second-order valence-corrected chi connectivity index (χ2v) is 11.0. The van der Waals surface area contributed by atoms with Crippen LogP contribution < -0.4 is 16.0 Å². The average Bonchev–Trinajstić information content (AvgIpc) is 2.94. The molecule has 242 valence electrons. The number of nitrogens with zero attached hydrogens (tertiary/aromatic N) is 2. The third kappa shape index (κ3) is 13.5. The summed E-state index contributed by atoms with van der Waals surface area (Å²) in [6, 6.07) is -1.27. The number of hydrogen-bond donors (Lipinski definition) is 6. The lowest BCUT2D eigenvalue weighted by molar-refractivity contribution is -0.258. The Hall–Kier alpha value is -2.99. The second-order valence-electron chi connectivity index (χ2n) is 11.0. The fraction of sp³-hybridized carbons (Fsp3) is 0.793. The van der Waals surface area contributed by atoms with Crippen LogP contribution in [0.1, 0.15) is 96.8 Å². The Labute approximate surface area is 251 Å². The molecule has 0 saturated carbocycles. The fourth-order valence-corrected chi connectivity index (χ4v) is 4.69. The summed E-state index contributed by atoms with van der Waals surface area (Å²) in [4.78, 5) is 47.7. The van der Waals surface area contributed by atoms with Crippen LogP contribution in [0, 0.1) is 11.8 Å². The summed E-state index contributed by atoms with van der Waals surface area (Å²) in [7, 11) is 0. The number of rotatable bonds is 16. The molecule has 13 nitrogen and oxygen atoms in total. The highest BCUT2D eigenvalue weighted by Gasteiger charge is 2.45. The van der Waals surface area contributed by atoms with E-state index in [1.165, 1.54) is 0 Å². The highest BCUT2D eigenvalue weighted by atomic mass is 19.1. The second kappa shape index (κ2) is 19.3. The van der Waals surface area contributed by atoms with Gasteiger partial charge in [0.05, 0.1) is 0 Å². The van der Waals surface area contributed by atoms with E-state index in [0.717, 1.165) is 45.4 Å². The molecule has 1 heterocycles. The van der Waals surface area contributed by atoms with Crippen molar-refractivity contribution < 1.29 is 43.6 Å². The minimum atomic E-state index is -2.11. The van der Waals surface area contributed by atoms with Gasteiger partial charge < -0.3 is 36.0 Å². The Morgan fingerprint density at radius 2 is 1.53 bits per heavy atom. The molecule has 0 radical (unpaired) electrons. The molecule has 2 rings (SSSR count). The van der Waals surface area contributed by atoms with Gasteiger partial charge in [0.2, 0.25) is 17.5 Å².